The van der Waals surface area contributed by atoms with Crippen molar-refractivity contribution in [2.24, 2.45) is 0 Å². The molecule has 0 aliphatic rings. The van der Waals surface area contributed by atoms with Gasteiger partial charge in [-0.25, -0.2) is 4.39 Å². The van der Waals surface area contributed by atoms with Gasteiger partial charge in [-0.05, 0) is 30.3 Å². The summed E-state index contributed by atoms with van der Waals surface area (Å²) in [7, 11) is 1.57. The number of hydrogen-bond acceptors (Lipinski definition) is 3. The zero-order valence-corrected chi connectivity index (χ0v) is 10.5. The van der Waals surface area contributed by atoms with Gasteiger partial charge in [-0.3, -0.25) is 0 Å². The maximum absolute atomic E-state index is 13.0. The molecule has 0 aromatic heterocycles. The predicted molar refractivity (Wildman–Crippen MR) is 72.1 cm³/mol. The highest BCUT2D eigenvalue weighted by Gasteiger charge is 2.04. The van der Waals surface area contributed by atoms with Crippen LogP contribution in [0.25, 0.3) is 0 Å². The Balaban J connectivity index is 2.30. The van der Waals surface area contributed by atoms with E-state index in [4.69, 9.17) is 22.1 Å². The van der Waals surface area contributed by atoms with Crippen LogP contribution in [0.4, 0.5) is 21.5 Å². The fraction of sp³-hybridized carbons (Fsp3) is 0.0769. The third-order valence-corrected chi connectivity index (χ3v) is 2.75. The van der Waals surface area contributed by atoms with E-state index in [0.29, 0.717) is 22.8 Å². The first-order valence-electron chi connectivity index (χ1n) is 5.26. The van der Waals surface area contributed by atoms with E-state index in [1.807, 2.05) is 0 Å². The van der Waals surface area contributed by atoms with Gasteiger partial charge in [-0.2, -0.15) is 0 Å². The van der Waals surface area contributed by atoms with Gasteiger partial charge in [0.15, 0.2) is 0 Å². The summed E-state index contributed by atoms with van der Waals surface area (Å²) in [6.45, 7) is 0. The highest BCUT2D eigenvalue weighted by Crippen LogP contribution is 2.29. The first-order valence-corrected chi connectivity index (χ1v) is 5.63. The third-order valence-electron chi connectivity index (χ3n) is 2.46. The van der Waals surface area contributed by atoms with Crippen molar-refractivity contribution in [1.29, 1.82) is 0 Å². The van der Waals surface area contributed by atoms with E-state index in [0.717, 1.165) is 0 Å². The van der Waals surface area contributed by atoms with E-state index in [2.05, 4.69) is 5.32 Å². The molecular formula is C13H12ClFN2O. The van der Waals surface area contributed by atoms with Crippen molar-refractivity contribution in [2.45, 2.75) is 0 Å². The average Bonchev–Trinajstić information content (AvgIpc) is 2.36. The Bertz CT molecular complexity index is 575. The maximum Gasteiger partial charge on any atom is 0.141 e. The molecule has 18 heavy (non-hydrogen) atoms. The average molecular weight is 267 g/mol. The number of rotatable bonds is 3. The van der Waals surface area contributed by atoms with E-state index in [-0.39, 0.29) is 5.02 Å². The number of nitrogen functional groups attached to an aromatic ring is 1. The Morgan fingerprint density at radius 2 is 2.00 bits per heavy atom. The van der Waals surface area contributed by atoms with Crippen LogP contribution in [-0.4, -0.2) is 7.11 Å². The van der Waals surface area contributed by atoms with Crippen molar-refractivity contribution in [1.82, 2.24) is 0 Å². The molecule has 0 heterocycles. The lowest BCUT2D eigenvalue weighted by Gasteiger charge is -2.11. The van der Waals surface area contributed by atoms with Gasteiger partial charge in [0.05, 0.1) is 23.5 Å². The highest BCUT2D eigenvalue weighted by molar-refractivity contribution is 6.31. The molecule has 94 valence electrons. The summed E-state index contributed by atoms with van der Waals surface area (Å²) in [4.78, 5) is 0. The summed E-state index contributed by atoms with van der Waals surface area (Å²) >= 11 is 5.71. The fourth-order valence-corrected chi connectivity index (χ4v) is 1.68. The number of hydrogen-bond donors (Lipinski definition) is 2. The zero-order valence-electron chi connectivity index (χ0n) is 9.71. The molecule has 0 saturated heterocycles. The normalized spacial score (nSPS) is 10.2. The smallest absolute Gasteiger partial charge is 0.141 e. The molecule has 0 bridgehead atoms. The van der Waals surface area contributed by atoms with Gasteiger partial charge in [0, 0.05) is 11.8 Å². The number of anilines is 3. The van der Waals surface area contributed by atoms with Gasteiger partial charge >= 0.3 is 0 Å². The molecule has 2 aromatic carbocycles. The van der Waals surface area contributed by atoms with E-state index in [1.54, 1.807) is 31.4 Å². The molecule has 5 heteroatoms. The first-order chi connectivity index (χ1) is 8.60. The van der Waals surface area contributed by atoms with Crippen molar-refractivity contribution in [2.75, 3.05) is 18.2 Å². The SMILES string of the molecule is COc1ccc(N)c(Nc2ccc(F)c(Cl)c2)c1. The molecule has 0 saturated carbocycles. The summed E-state index contributed by atoms with van der Waals surface area (Å²) in [5.41, 5.74) is 7.73. The van der Waals surface area contributed by atoms with Crippen LogP contribution in [0.5, 0.6) is 5.75 Å². The number of nitrogens with two attached hydrogens (primary N) is 1. The third kappa shape index (κ3) is 2.65. The summed E-state index contributed by atoms with van der Waals surface area (Å²) in [5.74, 6) is 0.223. The molecule has 0 aliphatic heterocycles. The molecule has 0 radical (unpaired) electrons. The summed E-state index contributed by atoms with van der Waals surface area (Å²) < 4.78 is 18.1. The van der Waals surface area contributed by atoms with Gasteiger partial charge in [0.2, 0.25) is 0 Å². The topological polar surface area (TPSA) is 47.3 Å². The van der Waals surface area contributed by atoms with Crippen LogP contribution in [0.15, 0.2) is 36.4 Å². The lowest BCUT2D eigenvalue weighted by atomic mass is 10.2. The molecule has 3 nitrogen and oxygen atoms in total. The van der Waals surface area contributed by atoms with Crippen LogP contribution in [0.3, 0.4) is 0 Å². The number of benzene rings is 2. The molecule has 0 unspecified atom stereocenters. The van der Waals surface area contributed by atoms with Crippen LogP contribution < -0.4 is 15.8 Å². The van der Waals surface area contributed by atoms with Crippen LogP contribution in [-0.2, 0) is 0 Å². The summed E-state index contributed by atoms with van der Waals surface area (Å²) in [6, 6.07) is 9.62. The largest absolute Gasteiger partial charge is 0.497 e. The second-order valence-corrected chi connectivity index (χ2v) is 4.11. The van der Waals surface area contributed by atoms with Crippen LogP contribution >= 0.6 is 11.6 Å². The number of nitrogens with one attached hydrogen (secondary N) is 1. The van der Waals surface area contributed by atoms with Crippen molar-refractivity contribution in [3.63, 3.8) is 0 Å². The molecule has 2 aromatic rings. The Kier molecular flexibility index (Phi) is 3.58. The minimum absolute atomic E-state index is 0.0569. The van der Waals surface area contributed by atoms with Crippen molar-refractivity contribution in [3.8, 4) is 5.75 Å². The molecule has 0 spiro atoms. The quantitative estimate of drug-likeness (QED) is 0.831. The van der Waals surface area contributed by atoms with E-state index < -0.39 is 5.82 Å². The first kappa shape index (κ1) is 12.5. The number of methoxy groups -OCH3 is 1. The molecule has 3 N–H and O–H groups in total. The Hall–Kier alpha value is -1.94. The minimum atomic E-state index is -0.458. The molecule has 0 amide bonds. The Labute approximate surface area is 109 Å². The second kappa shape index (κ2) is 5.14. The van der Waals surface area contributed by atoms with Crippen molar-refractivity contribution in [3.05, 3.63) is 47.2 Å². The number of ether oxygens (including phenoxy) is 1. The standard InChI is InChI=1S/C13H12ClFN2O/c1-18-9-3-5-12(16)13(7-9)17-8-2-4-11(15)10(14)6-8/h2-7,17H,16H2,1H3. The van der Waals surface area contributed by atoms with Crippen molar-refractivity contribution >= 4 is 28.7 Å². The van der Waals surface area contributed by atoms with Gasteiger partial charge in [0.25, 0.3) is 0 Å². The van der Waals surface area contributed by atoms with Crippen molar-refractivity contribution < 1.29 is 9.13 Å². The van der Waals surface area contributed by atoms with Gasteiger partial charge < -0.3 is 15.8 Å². The predicted octanol–water partition coefficient (Wildman–Crippen LogP) is 3.81. The lowest BCUT2D eigenvalue weighted by Crippen LogP contribution is -1.97. The zero-order chi connectivity index (χ0) is 13.1. The molecule has 0 fully saturated rings. The second-order valence-electron chi connectivity index (χ2n) is 3.71. The Morgan fingerprint density at radius 3 is 2.67 bits per heavy atom. The van der Waals surface area contributed by atoms with Gasteiger partial charge in [0.1, 0.15) is 11.6 Å². The molecule has 2 rings (SSSR count). The molecule has 0 atom stereocenters. The van der Waals surface area contributed by atoms with E-state index >= 15 is 0 Å². The minimum Gasteiger partial charge on any atom is -0.497 e. The molecule has 0 aliphatic carbocycles. The summed E-state index contributed by atoms with van der Waals surface area (Å²) in [6.07, 6.45) is 0. The maximum atomic E-state index is 13.0. The Morgan fingerprint density at radius 1 is 1.22 bits per heavy atom. The van der Waals surface area contributed by atoms with Gasteiger partial charge in [-0.15, -0.1) is 0 Å². The van der Waals surface area contributed by atoms with Crippen LogP contribution in [0.2, 0.25) is 5.02 Å². The van der Waals surface area contributed by atoms with E-state index in [9.17, 15) is 4.39 Å². The lowest BCUT2D eigenvalue weighted by molar-refractivity contribution is 0.415. The van der Waals surface area contributed by atoms with E-state index in [1.165, 1.54) is 12.1 Å². The monoisotopic (exact) mass is 266 g/mol. The van der Waals surface area contributed by atoms with Gasteiger partial charge in [-0.1, -0.05) is 11.6 Å². The molecular weight excluding hydrogens is 255 g/mol. The fourth-order valence-electron chi connectivity index (χ4n) is 1.50. The van der Waals surface area contributed by atoms with Crippen LogP contribution in [0, 0.1) is 5.82 Å². The number of halogens is 2. The van der Waals surface area contributed by atoms with Crippen LogP contribution in [0.1, 0.15) is 0 Å². The highest BCUT2D eigenvalue weighted by atomic mass is 35.5. The summed E-state index contributed by atoms with van der Waals surface area (Å²) in [5, 5.41) is 3.12.